The molecule has 0 aromatic carbocycles. The average Bonchev–Trinajstić information content (AvgIpc) is 1.82. The first-order valence-corrected chi connectivity index (χ1v) is 4.64. The summed E-state index contributed by atoms with van der Waals surface area (Å²) in [7, 11) is 0. The molecule has 0 amide bonds. The van der Waals surface area contributed by atoms with Gasteiger partial charge in [0, 0.05) is 0 Å². The number of aryl methyl sites for hydroxylation is 2. The Morgan fingerprint density at radius 1 is 1.30 bits per heavy atom. The number of nitrogens with zero attached hydrogens (tertiary/aromatic N) is 2. The highest BCUT2D eigenvalue weighted by molar-refractivity contribution is 14.1. The Morgan fingerprint density at radius 3 is 2.40 bits per heavy atom. The third-order valence-corrected chi connectivity index (χ3v) is 3.56. The molecule has 10 heavy (non-hydrogen) atoms. The topological polar surface area (TPSA) is 25.8 Å². The first-order valence-electron chi connectivity index (χ1n) is 2.77. The van der Waals surface area contributed by atoms with E-state index in [4.69, 9.17) is 0 Å². The first kappa shape index (κ1) is 8.39. The SMILES string of the molecule is Cc1nc(C)c(Br)c(I)n1. The summed E-state index contributed by atoms with van der Waals surface area (Å²) in [6.07, 6.45) is 0. The van der Waals surface area contributed by atoms with E-state index in [1.165, 1.54) is 0 Å². The summed E-state index contributed by atoms with van der Waals surface area (Å²) < 4.78 is 1.97. The summed E-state index contributed by atoms with van der Waals surface area (Å²) in [5.74, 6) is 0.824. The molecule has 54 valence electrons. The van der Waals surface area contributed by atoms with Crippen LogP contribution in [0.4, 0.5) is 0 Å². The lowest BCUT2D eigenvalue weighted by molar-refractivity contribution is 0.977. The van der Waals surface area contributed by atoms with Crippen LogP contribution >= 0.6 is 38.5 Å². The molecule has 1 aromatic heterocycles. The number of hydrogen-bond acceptors (Lipinski definition) is 2. The summed E-state index contributed by atoms with van der Waals surface area (Å²) in [5.41, 5.74) is 0.997. The molecule has 0 saturated heterocycles. The second-order valence-electron chi connectivity index (χ2n) is 1.96. The van der Waals surface area contributed by atoms with Gasteiger partial charge in [0.2, 0.25) is 0 Å². The minimum atomic E-state index is 0.824. The summed E-state index contributed by atoms with van der Waals surface area (Å²) >= 11 is 5.56. The molecule has 0 saturated carbocycles. The Balaban J connectivity index is 3.31. The molecule has 1 aromatic rings. The van der Waals surface area contributed by atoms with Crippen molar-refractivity contribution in [2.24, 2.45) is 0 Å². The largest absolute Gasteiger partial charge is 0.237 e. The predicted octanol–water partition coefficient (Wildman–Crippen LogP) is 2.46. The van der Waals surface area contributed by atoms with Crippen LogP contribution in [0.1, 0.15) is 11.5 Å². The molecule has 1 heterocycles. The molecule has 0 aliphatic heterocycles. The van der Waals surface area contributed by atoms with Crippen LogP contribution in [0.25, 0.3) is 0 Å². The van der Waals surface area contributed by atoms with E-state index in [9.17, 15) is 0 Å². The van der Waals surface area contributed by atoms with Crippen molar-refractivity contribution in [2.75, 3.05) is 0 Å². The lowest BCUT2D eigenvalue weighted by Crippen LogP contribution is -1.95. The molecule has 2 nitrogen and oxygen atoms in total. The van der Waals surface area contributed by atoms with E-state index in [0.29, 0.717) is 0 Å². The molecule has 0 N–H and O–H groups in total. The van der Waals surface area contributed by atoms with Gasteiger partial charge in [0.25, 0.3) is 0 Å². The van der Waals surface area contributed by atoms with Gasteiger partial charge in [0.1, 0.15) is 9.53 Å². The molecule has 0 aliphatic carbocycles. The molecular formula is C6H6BrIN2. The van der Waals surface area contributed by atoms with Gasteiger partial charge in [0.05, 0.1) is 10.2 Å². The van der Waals surface area contributed by atoms with Crippen LogP contribution in [0, 0.1) is 17.5 Å². The monoisotopic (exact) mass is 312 g/mol. The smallest absolute Gasteiger partial charge is 0.126 e. The summed E-state index contributed by atoms with van der Waals surface area (Å²) in [5, 5.41) is 0. The molecule has 0 fully saturated rings. The molecule has 0 spiro atoms. The van der Waals surface area contributed by atoms with E-state index in [1.54, 1.807) is 0 Å². The van der Waals surface area contributed by atoms with Crippen LogP contribution in [0.3, 0.4) is 0 Å². The molecular weight excluding hydrogens is 307 g/mol. The van der Waals surface area contributed by atoms with Gasteiger partial charge in [-0.05, 0) is 52.4 Å². The summed E-state index contributed by atoms with van der Waals surface area (Å²) in [4.78, 5) is 8.33. The third kappa shape index (κ3) is 1.66. The Morgan fingerprint density at radius 2 is 1.90 bits per heavy atom. The van der Waals surface area contributed by atoms with Gasteiger partial charge in [-0.25, -0.2) is 9.97 Å². The van der Waals surface area contributed by atoms with Crippen molar-refractivity contribution < 1.29 is 0 Å². The fraction of sp³-hybridized carbons (Fsp3) is 0.333. The van der Waals surface area contributed by atoms with Crippen molar-refractivity contribution in [3.05, 3.63) is 19.7 Å². The zero-order valence-electron chi connectivity index (χ0n) is 5.65. The van der Waals surface area contributed by atoms with E-state index in [0.717, 1.165) is 19.7 Å². The first-order chi connectivity index (χ1) is 4.61. The van der Waals surface area contributed by atoms with Crippen LogP contribution in [0.2, 0.25) is 0 Å². The Labute approximate surface area is 81.7 Å². The molecule has 0 atom stereocenters. The number of rotatable bonds is 0. The Bertz CT molecular complexity index is 239. The molecule has 1 rings (SSSR count). The van der Waals surface area contributed by atoms with Crippen LogP contribution in [-0.4, -0.2) is 9.97 Å². The second-order valence-corrected chi connectivity index (χ2v) is 3.78. The average molecular weight is 313 g/mol. The number of halogens is 2. The van der Waals surface area contributed by atoms with Gasteiger partial charge in [-0.1, -0.05) is 0 Å². The van der Waals surface area contributed by atoms with Crippen LogP contribution in [0.15, 0.2) is 4.47 Å². The maximum atomic E-state index is 4.17. The molecule has 0 bridgehead atoms. The minimum absolute atomic E-state index is 0.824. The molecule has 0 aliphatic rings. The zero-order chi connectivity index (χ0) is 7.72. The van der Waals surface area contributed by atoms with Gasteiger partial charge < -0.3 is 0 Å². The van der Waals surface area contributed by atoms with Crippen LogP contribution in [-0.2, 0) is 0 Å². The highest BCUT2D eigenvalue weighted by atomic mass is 127. The second kappa shape index (κ2) is 3.13. The normalized spacial score (nSPS) is 10.0. The Kier molecular flexibility index (Phi) is 2.62. The van der Waals surface area contributed by atoms with E-state index in [1.807, 2.05) is 13.8 Å². The van der Waals surface area contributed by atoms with E-state index < -0.39 is 0 Å². The number of aromatic nitrogens is 2. The van der Waals surface area contributed by atoms with Crippen LogP contribution < -0.4 is 0 Å². The third-order valence-electron chi connectivity index (χ3n) is 1.09. The standard InChI is InChI=1S/C6H6BrIN2/c1-3-5(7)6(8)10-4(2)9-3/h1-2H3. The van der Waals surface area contributed by atoms with E-state index in [-0.39, 0.29) is 0 Å². The van der Waals surface area contributed by atoms with E-state index >= 15 is 0 Å². The van der Waals surface area contributed by atoms with Crippen LogP contribution in [0.5, 0.6) is 0 Å². The van der Waals surface area contributed by atoms with Gasteiger partial charge in [-0.3, -0.25) is 0 Å². The van der Waals surface area contributed by atoms with Crippen molar-refractivity contribution in [3.8, 4) is 0 Å². The van der Waals surface area contributed by atoms with Crippen molar-refractivity contribution in [1.82, 2.24) is 9.97 Å². The lowest BCUT2D eigenvalue weighted by atomic mass is 10.4. The zero-order valence-corrected chi connectivity index (χ0v) is 9.39. The van der Waals surface area contributed by atoms with Gasteiger partial charge >= 0.3 is 0 Å². The maximum Gasteiger partial charge on any atom is 0.126 e. The van der Waals surface area contributed by atoms with Gasteiger partial charge in [-0.2, -0.15) is 0 Å². The van der Waals surface area contributed by atoms with E-state index in [2.05, 4.69) is 48.5 Å². The highest BCUT2D eigenvalue weighted by Crippen LogP contribution is 2.19. The molecule has 0 unspecified atom stereocenters. The van der Waals surface area contributed by atoms with Crippen molar-refractivity contribution >= 4 is 38.5 Å². The van der Waals surface area contributed by atoms with Crippen molar-refractivity contribution in [2.45, 2.75) is 13.8 Å². The Hall–Kier alpha value is 0.290. The predicted molar refractivity (Wildman–Crippen MR) is 51.9 cm³/mol. The quantitative estimate of drug-likeness (QED) is 0.543. The molecule has 4 heteroatoms. The number of hydrogen-bond donors (Lipinski definition) is 0. The van der Waals surface area contributed by atoms with Crippen molar-refractivity contribution in [3.63, 3.8) is 0 Å². The summed E-state index contributed by atoms with van der Waals surface area (Å²) in [6, 6.07) is 0. The highest BCUT2D eigenvalue weighted by Gasteiger charge is 2.02. The summed E-state index contributed by atoms with van der Waals surface area (Å²) in [6.45, 7) is 3.85. The fourth-order valence-electron chi connectivity index (χ4n) is 0.657. The lowest BCUT2D eigenvalue weighted by Gasteiger charge is -1.99. The fourth-order valence-corrected chi connectivity index (χ4v) is 1.57. The van der Waals surface area contributed by atoms with Gasteiger partial charge in [0.15, 0.2) is 0 Å². The minimum Gasteiger partial charge on any atom is -0.237 e. The van der Waals surface area contributed by atoms with Gasteiger partial charge in [-0.15, -0.1) is 0 Å². The maximum absolute atomic E-state index is 4.17. The van der Waals surface area contributed by atoms with Crippen molar-refractivity contribution in [1.29, 1.82) is 0 Å². The molecule has 0 radical (unpaired) electrons.